The van der Waals surface area contributed by atoms with E-state index in [0.29, 0.717) is 23.3 Å². The Balaban J connectivity index is 3.04. The molecule has 3 N–H and O–H groups in total. The first-order chi connectivity index (χ1) is 9.40. The van der Waals surface area contributed by atoms with E-state index in [-0.39, 0.29) is 5.69 Å². The average Bonchev–Trinajstić information content (AvgIpc) is 2.40. The van der Waals surface area contributed by atoms with Crippen LogP contribution >= 0.6 is 0 Å². The van der Waals surface area contributed by atoms with Crippen LogP contribution in [0.1, 0.15) is 30.9 Å². The fraction of sp³-hybridized carbons (Fsp3) is 0.462. The van der Waals surface area contributed by atoms with Gasteiger partial charge in [-0.15, -0.1) is 0 Å². The van der Waals surface area contributed by atoms with Gasteiger partial charge >= 0.3 is 0 Å². The average molecular weight is 281 g/mol. The van der Waals surface area contributed by atoms with Crippen LogP contribution in [0.5, 0.6) is 5.75 Å². The van der Waals surface area contributed by atoms with Crippen LogP contribution in [0.2, 0.25) is 0 Å². The van der Waals surface area contributed by atoms with E-state index in [9.17, 15) is 14.9 Å². The summed E-state index contributed by atoms with van der Waals surface area (Å²) >= 11 is 0. The normalized spacial score (nSPS) is 11.8. The van der Waals surface area contributed by atoms with Gasteiger partial charge in [0.1, 0.15) is 5.75 Å². The van der Waals surface area contributed by atoms with E-state index in [1.165, 1.54) is 6.07 Å². The summed E-state index contributed by atoms with van der Waals surface area (Å²) in [7, 11) is 0. The topological polar surface area (TPSA) is 107 Å². The lowest BCUT2D eigenvalue weighted by atomic mass is 10.1. The molecule has 110 valence electrons. The van der Waals surface area contributed by atoms with Gasteiger partial charge in [0, 0.05) is 11.6 Å². The van der Waals surface area contributed by atoms with Gasteiger partial charge in [0.05, 0.1) is 4.92 Å². The molecular weight excluding hydrogens is 262 g/mol. The number of benzene rings is 1. The number of nitrogens with zero attached hydrogens (tertiary/aromatic N) is 1. The third-order valence-corrected chi connectivity index (χ3v) is 2.94. The van der Waals surface area contributed by atoms with Crippen molar-refractivity contribution in [1.82, 2.24) is 5.43 Å². The lowest BCUT2D eigenvalue weighted by Gasteiger charge is -2.18. The van der Waals surface area contributed by atoms with Gasteiger partial charge in [0.25, 0.3) is 11.6 Å². The molecule has 7 nitrogen and oxygen atoms in total. The number of nitrogens with one attached hydrogen (secondary N) is 1. The van der Waals surface area contributed by atoms with Crippen LogP contribution in [0.3, 0.4) is 0 Å². The molecule has 0 aliphatic heterocycles. The minimum absolute atomic E-state index is 0.0326. The first-order valence-corrected chi connectivity index (χ1v) is 6.33. The van der Waals surface area contributed by atoms with Crippen molar-refractivity contribution in [3.05, 3.63) is 33.4 Å². The molecule has 0 heterocycles. The maximum Gasteiger partial charge on any atom is 0.274 e. The van der Waals surface area contributed by atoms with Crippen molar-refractivity contribution in [2.75, 3.05) is 0 Å². The van der Waals surface area contributed by atoms with Crippen molar-refractivity contribution in [3.8, 4) is 5.75 Å². The predicted octanol–water partition coefficient (Wildman–Crippen LogP) is 1.75. The van der Waals surface area contributed by atoms with Gasteiger partial charge in [0.2, 0.25) is 0 Å². The summed E-state index contributed by atoms with van der Waals surface area (Å²) in [5.41, 5.74) is 3.18. The number of nitrogens with two attached hydrogens (primary N) is 1. The molecule has 0 aliphatic carbocycles. The van der Waals surface area contributed by atoms with Gasteiger partial charge in [-0.1, -0.05) is 13.3 Å². The number of hydrogen-bond acceptors (Lipinski definition) is 5. The highest BCUT2D eigenvalue weighted by atomic mass is 16.6. The highest BCUT2D eigenvalue weighted by Crippen LogP contribution is 2.28. The Morgan fingerprint density at radius 3 is 2.60 bits per heavy atom. The van der Waals surface area contributed by atoms with Crippen LogP contribution in [0.15, 0.2) is 12.1 Å². The number of carbonyl (C=O) groups is 1. The molecule has 0 saturated heterocycles. The summed E-state index contributed by atoms with van der Waals surface area (Å²) in [6.45, 7) is 5.25. The fourth-order valence-corrected chi connectivity index (χ4v) is 1.85. The minimum Gasteiger partial charge on any atom is -0.480 e. The molecule has 1 rings (SSSR count). The number of aryl methyl sites for hydroxylation is 2. The summed E-state index contributed by atoms with van der Waals surface area (Å²) in [6.07, 6.45) is 0.561. The van der Waals surface area contributed by atoms with Crippen LogP contribution in [-0.2, 0) is 4.79 Å². The summed E-state index contributed by atoms with van der Waals surface area (Å²) in [4.78, 5) is 22.0. The first kappa shape index (κ1) is 15.9. The third kappa shape index (κ3) is 3.67. The second kappa shape index (κ2) is 6.85. The number of hydrazine groups is 1. The van der Waals surface area contributed by atoms with Gasteiger partial charge in [-0.2, -0.15) is 0 Å². The summed E-state index contributed by atoms with van der Waals surface area (Å²) in [5.74, 6) is 5.16. The van der Waals surface area contributed by atoms with Crippen LogP contribution in [0.4, 0.5) is 5.69 Å². The number of hydrogen-bond donors (Lipinski definition) is 2. The van der Waals surface area contributed by atoms with Crippen LogP contribution < -0.4 is 16.0 Å². The molecule has 0 fully saturated rings. The molecule has 0 spiro atoms. The fourth-order valence-electron chi connectivity index (χ4n) is 1.85. The number of amides is 1. The predicted molar refractivity (Wildman–Crippen MR) is 74.2 cm³/mol. The molecule has 0 aromatic heterocycles. The Labute approximate surface area is 117 Å². The van der Waals surface area contributed by atoms with Crippen molar-refractivity contribution < 1.29 is 14.5 Å². The monoisotopic (exact) mass is 281 g/mol. The Morgan fingerprint density at radius 2 is 2.10 bits per heavy atom. The van der Waals surface area contributed by atoms with E-state index < -0.39 is 16.9 Å². The zero-order valence-corrected chi connectivity index (χ0v) is 11.8. The molecule has 0 aliphatic rings. The molecule has 7 heteroatoms. The van der Waals surface area contributed by atoms with Gasteiger partial charge in [0.15, 0.2) is 6.10 Å². The minimum atomic E-state index is -0.704. The third-order valence-electron chi connectivity index (χ3n) is 2.94. The Morgan fingerprint density at radius 1 is 1.45 bits per heavy atom. The van der Waals surface area contributed by atoms with Gasteiger partial charge in [-0.3, -0.25) is 20.3 Å². The maximum atomic E-state index is 11.6. The van der Waals surface area contributed by atoms with Crippen LogP contribution in [0, 0.1) is 24.0 Å². The van der Waals surface area contributed by atoms with Crippen molar-refractivity contribution in [2.45, 2.75) is 39.7 Å². The summed E-state index contributed by atoms with van der Waals surface area (Å²) < 4.78 is 5.64. The van der Waals surface area contributed by atoms with Gasteiger partial charge < -0.3 is 4.74 Å². The molecule has 1 atom stereocenters. The van der Waals surface area contributed by atoms with Crippen LogP contribution in [0.25, 0.3) is 0 Å². The second-order valence-corrected chi connectivity index (χ2v) is 4.57. The standard InChI is InChI=1S/C13H19N3O4/c1-4-5-11(13(17)15-14)20-12-7-8(2)10(16(18)19)6-9(12)3/h6-7,11H,4-5,14H2,1-3H3,(H,15,17). The molecule has 1 aromatic rings. The highest BCUT2D eigenvalue weighted by molar-refractivity contribution is 5.80. The molecule has 20 heavy (non-hydrogen) atoms. The summed E-state index contributed by atoms with van der Waals surface area (Å²) in [6, 6.07) is 3.01. The molecule has 0 radical (unpaired) electrons. The van der Waals surface area contributed by atoms with Crippen LogP contribution in [-0.4, -0.2) is 16.9 Å². The second-order valence-electron chi connectivity index (χ2n) is 4.57. The number of ether oxygens (including phenoxy) is 1. The van der Waals surface area contributed by atoms with Crippen molar-refractivity contribution in [1.29, 1.82) is 0 Å². The molecular formula is C13H19N3O4. The number of rotatable bonds is 6. The van der Waals surface area contributed by atoms with E-state index in [2.05, 4.69) is 5.43 Å². The van der Waals surface area contributed by atoms with E-state index in [1.54, 1.807) is 19.9 Å². The molecule has 0 bridgehead atoms. The zero-order chi connectivity index (χ0) is 15.3. The van der Waals surface area contributed by atoms with E-state index in [4.69, 9.17) is 10.6 Å². The number of nitro benzene ring substituents is 1. The SMILES string of the molecule is CCCC(Oc1cc(C)c([N+](=O)[O-])cc1C)C(=O)NN. The lowest BCUT2D eigenvalue weighted by Crippen LogP contribution is -2.42. The van der Waals surface area contributed by atoms with E-state index in [0.717, 1.165) is 6.42 Å². The van der Waals surface area contributed by atoms with E-state index >= 15 is 0 Å². The van der Waals surface area contributed by atoms with Gasteiger partial charge in [-0.05, 0) is 31.9 Å². The number of nitro groups is 1. The molecule has 1 aromatic carbocycles. The summed E-state index contributed by atoms with van der Waals surface area (Å²) in [5, 5.41) is 10.8. The Bertz CT molecular complexity index is 517. The van der Waals surface area contributed by atoms with Crippen molar-refractivity contribution >= 4 is 11.6 Å². The Kier molecular flexibility index (Phi) is 5.45. The van der Waals surface area contributed by atoms with Gasteiger partial charge in [-0.25, -0.2) is 5.84 Å². The van der Waals surface area contributed by atoms with Crippen molar-refractivity contribution in [3.63, 3.8) is 0 Å². The smallest absolute Gasteiger partial charge is 0.274 e. The van der Waals surface area contributed by atoms with Crippen molar-refractivity contribution in [2.24, 2.45) is 5.84 Å². The molecule has 0 saturated carbocycles. The lowest BCUT2D eigenvalue weighted by molar-refractivity contribution is -0.385. The maximum absolute atomic E-state index is 11.6. The molecule has 1 unspecified atom stereocenters. The largest absolute Gasteiger partial charge is 0.480 e. The number of carbonyl (C=O) groups excluding carboxylic acids is 1. The quantitative estimate of drug-likeness (QED) is 0.357. The van der Waals surface area contributed by atoms with E-state index in [1.807, 2.05) is 6.92 Å². The highest BCUT2D eigenvalue weighted by Gasteiger charge is 2.21. The Hall–Kier alpha value is -2.15. The molecule has 1 amide bonds. The first-order valence-electron chi connectivity index (χ1n) is 6.33. The zero-order valence-electron chi connectivity index (χ0n) is 11.8.